The summed E-state index contributed by atoms with van der Waals surface area (Å²) in [4.78, 5) is 0.236. The number of sulfonamides is 1. The molecule has 0 aliphatic rings. The van der Waals surface area contributed by atoms with E-state index in [0.717, 1.165) is 6.42 Å². The molecule has 0 N–H and O–H groups in total. The van der Waals surface area contributed by atoms with Gasteiger partial charge < -0.3 is 9.47 Å². The SMILES string of the molecule is CCCN(C)S(=O)(=O)c1ccc(OCOC)c(Br)c1. The van der Waals surface area contributed by atoms with E-state index in [2.05, 4.69) is 15.9 Å². The molecule has 19 heavy (non-hydrogen) atoms. The van der Waals surface area contributed by atoms with Crippen LogP contribution >= 0.6 is 15.9 Å². The first-order chi connectivity index (χ1) is 8.93. The van der Waals surface area contributed by atoms with Crippen molar-refractivity contribution >= 4 is 26.0 Å². The van der Waals surface area contributed by atoms with Crippen LogP contribution in [-0.2, 0) is 14.8 Å². The predicted octanol–water partition coefficient (Wildman–Crippen LogP) is 2.46. The van der Waals surface area contributed by atoms with Gasteiger partial charge in [0.05, 0.1) is 9.37 Å². The molecule has 0 aliphatic heterocycles. The lowest BCUT2D eigenvalue weighted by atomic mass is 10.3. The molecular formula is C12H18BrNO4S. The number of benzene rings is 1. The van der Waals surface area contributed by atoms with Crippen molar-refractivity contribution in [3.8, 4) is 5.75 Å². The average Bonchev–Trinajstić information content (AvgIpc) is 2.37. The highest BCUT2D eigenvalue weighted by atomic mass is 79.9. The maximum atomic E-state index is 12.2. The number of ether oxygens (including phenoxy) is 2. The third-order valence-electron chi connectivity index (χ3n) is 2.48. The highest BCUT2D eigenvalue weighted by Gasteiger charge is 2.21. The van der Waals surface area contributed by atoms with E-state index < -0.39 is 10.0 Å². The Morgan fingerprint density at radius 1 is 1.37 bits per heavy atom. The minimum absolute atomic E-state index is 0.112. The Hall–Kier alpha value is -0.630. The third-order valence-corrected chi connectivity index (χ3v) is 4.95. The lowest BCUT2D eigenvalue weighted by molar-refractivity contribution is 0.0505. The zero-order chi connectivity index (χ0) is 14.5. The molecule has 7 heteroatoms. The lowest BCUT2D eigenvalue weighted by Gasteiger charge is -2.17. The molecule has 108 valence electrons. The molecule has 0 saturated carbocycles. The fourth-order valence-electron chi connectivity index (χ4n) is 1.50. The largest absolute Gasteiger partial charge is 0.466 e. The van der Waals surface area contributed by atoms with Gasteiger partial charge in [-0.25, -0.2) is 12.7 Å². The third kappa shape index (κ3) is 4.17. The summed E-state index contributed by atoms with van der Waals surface area (Å²) >= 11 is 3.29. The summed E-state index contributed by atoms with van der Waals surface area (Å²) in [5, 5.41) is 0. The van der Waals surface area contributed by atoms with E-state index in [-0.39, 0.29) is 11.7 Å². The Labute approximate surface area is 122 Å². The van der Waals surface area contributed by atoms with Gasteiger partial charge in [-0.15, -0.1) is 0 Å². The van der Waals surface area contributed by atoms with Crippen LogP contribution in [0.3, 0.4) is 0 Å². The first-order valence-corrected chi connectivity index (χ1v) is 8.04. The van der Waals surface area contributed by atoms with Gasteiger partial charge in [0.2, 0.25) is 10.0 Å². The van der Waals surface area contributed by atoms with E-state index in [9.17, 15) is 8.42 Å². The molecule has 0 unspecified atom stereocenters. The van der Waals surface area contributed by atoms with Crippen molar-refractivity contribution in [2.75, 3.05) is 27.5 Å². The maximum absolute atomic E-state index is 12.2. The molecule has 0 radical (unpaired) electrons. The Morgan fingerprint density at radius 2 is 2.05 bits per heavy atom. The van der Waals surface area contributed by atoms with Crippen LogP contribution in [0.2, 0.25) is 0 Å². The molecule has 1 rings (SSSR count). The first-order valence-electron chi connectivity index (χ1n) is 5.81. The minimum atomic E-state index is -3.44. The van der Waals surface area contributed by atoms with E-state index >= 15 is 0 Å². The second kappa shape index (κ2) is 7.23. The summed E-state index contributed by atoms with van der Waals surface area (Å²) in [5.74, 6) is 0.541. The van der Waals surface area contributed by atoms with Crippen LogP contribution in [-0.4, -0.2) is 40.2 Å². The number of nitrogens with zero attached hydrogens (tertiary/aromatic N) is 1. The normalized spacial score (nSPS) is 11.8. The second-order valence-corrected chi connectivity index (χ2v) is 6.87. The Balaban J connectivity index is 3.00. The summed E-state index contributed by atoms with van der Waals surface area (Å²) in [6.07, 6.45) is 0.770. The van der Waals surface area contributed by atoms with Gasteiger partial charge in [0.1, 0.15) is 5.75 Å². The molecule has 1 aromatic carbocycles. The van der Waals surface area contributed by atoms with Gasteiger partial charge in [0.15, 0.2) is 6.79 Å². The summed E-state index contributed by atoms with van der Waals surface area (Å²) in [6.45, 7) is 2.53. The highest BCUT2D eigenvalue weighted by molar-refractivity contribution is 9.10. The lowest BCUT2D eigenvalue weighted by Crippen LogP contribution is -2.27. The molecular weight excluding hydrogens is 334 g/mol. The number of hydrogen-bond acceptors (Lipinski definition) is 4. The molecule has 0 spiro atoms. The van der Waals surface area contributed by atoms with Gasteiger partial charge in [-0.2, -0.15) is 0 Å². The molecule has 0 amide bonds. The number of rotatable bonds is 7. The molecule has 5 nitrogen and oxygen atoms in total. The van der Waals surface area contributed by atoms with Crippen molar-refractivity contribution in [2.24, 2.45) is 0 Å². The first kappa shape index (κ1) is 16.4. The van der Waals surface area contributed by atoms with E-state index in [1.807, 2.05) is 6.92 Å². The summed E-state index contributed by atoms with van der Waals surface area (Å²) in [6, 6.07) is 4.67. The van der Waals surface area contributed by atoms with Crippen molar-refractivity contribution in [3.63, 3.8) is 0 Å². The van der Waals surface area contributed by atoms with Gasteiger partial charge in [-0.05, 0) is 40.5 Å². The van der Waals surface area contributed by atoms with E-state index in [0.29, 0.717) is 16.8 Å². The van der Waals surface area contributed by atoms with Crippen molar-refractivity contribution in [1.82, 2.24) is 4.31 Å². The standard InChI is InChI=1S/C12H18BrNO4S/c1-4-7-14(2)19(15,16)10-5-6-12(11(13)8-10)18-9-17-3/h5-6,8H,4,7,9H2,1-3H3. The van der Waals surface area contributed by atoms with Gasteiger partial charge in [0, 0.05) is 20.7 Å². The molecule has 0 bridgehead atoms. The fraction of sp³-hybridized carbons (Fsp3) is 0.500. The van der Waals surface area contributed by atoms with Crippen LogP contribution in [0.4, 0.5) is 0 Å². The van der Waals surface area contributed by atoms with E-state index in [1.54, 1.807) is 13.1 Å². The Morgan fingerprint density at radius 3 is 2.58 bits per heavy atom. The molecule has 0 heterocycles. The van der Waals surface area contributed by atoms with Crippen LogP contribution < -0.4 is 4.74 Å². The molecule has 0 fully saturated rings. The van der Waals surface area contributed by atoms with Crippen LogP contribution in [0.25, 0.3) is 0 Å². The van der Waals surface area contributed by atoms with Gasteiger partial charge in [-0.3, -0.25) is 0 Å². The van der Waals surface area contributed by atoms with Crippen LogP contribution in [0.1, 0.15) is 13.3 Å². The Kier molecular flexibility index (Phi) is 6.25. The monoisotopic (exact) mass is 351 g/mol. The highest BCUT2D eigenvalue weighted by Crippen LogP contribution is 2.28. The summed E-state index contributed by atoms with van der Waals surface area (Å²) in [7, 11) is -0.353. The quantitative estimate of drug-likeness (QED) is 0.708. The topological polar surface area (TPSA) is 55.8 Å². The minimum Gasteiger partial charge on any atom is -0.466 e. The van der Waals surface area contributed by atoms with Gasteiger partial charge in [-0.1, -0.05) is 6.92 Å². The number of methoxy groups -OCH3 is 1. The Bertz CT molecular complexity index is 518. The number of hydrogen-bond donors (Lipinski definition) is 0. The second-order valence-electron chi connectivity index (χ2n) is 3.97. The van der Waals surface area contributed by atoms with Crippen molar-refractivity contribution in [3.05, 3.63) is 22.7 Å². The fourth-order valence-corrected chi connectivity index (χ4v) is 3.43. The number of halogens is 1. The van der Waals surface area contributed by atoms with Gasteiger partial charge in [0.25, 0.3) is 0 Å². The summed E-state index contributed by atoms with van der Waals surface area (Å²) < 4.78 is 36.5. The van der Waals surface area contributed by atoms with E-state index in [1.165, 1.54) is 23.5 Å². The summed E-state index contributed by atoms with van der Waals surface area (Å²) in [5.41, 5.74) is 0. The van der Waals surface area contributed by atoms with Crippen LogP contribution in [0, 0.1) is 0 Å². The molecule has 0 saturated heterocycles. The average molecular weight is 352 g/mol. The zero-order valence-electron chi connectivity index (χ0n) is 11.2. The predicted molar refractivity (Wildman–Crippen MR) is 76.8 cm³/mol. The van der Waals surface area contributed by atoms with Crippen molar-refractivity contribution in [2.45, 2.75) is 18.2 Å². The molecule has 1 aromatic rings. The van der Waals surface area contributed by atoms with Crippen molar-refractivity contribution < 1.29 is 17.9 Å². The maximum Gasteiger partial charge on any atom is 0.242 e. The molecule has 0 aliphatic carbocycles. The van der Waals surface area contributed by atoms with Crippen molar-refractivity contribution in [1.29, 1.82) is 0 Å². The smallest absolute Gasteiger partial charge is 0.242 e. The zero-order valence-corrected chi connectivity index (χ0v) is 13.6. The molecule has 0 aromatic heterocycles. The van der Waals surface area contributed by atoms with Crippen LogP contribution in [0.15, 0.2) is 27.6 Å². The van der Waals surface area contributed by atoms with Gasteiger partial charge >= 0.3 is 0 Å². The van der Waals surface area contributed by atoms with E-state index in [4.69, 9.17) is 9.47 Å². The van der Waals surface area contributed by atoms with Crippen LogP contribution in [0.5, 0.6) is 5.75 Å². The molecule has 0 atom stereocenters.